The highest BCUT2D eigenvalue weighted by Gasteiger charge is 2.18. The first-order valence-corrected chi connectivity index (χ1v) is 7.51. The zero-order valence-electron chi connectivity index (χ0n) is 11.0. The smallest absolute Gasteiger partial charge is 0.258 e. The fraction of sp³-hybridized carbons (Fsp3) is 0.333. The predicted molar refractivity (Wildman–Crippen MR) is 81.7 cm³/mol. The van der Waals surface area contributed by atoms with Crippen molar-refractivity contribution < 1.29 is 4.79 Å². The molecule has 2 heterocycles. The highest BCUT2D eigenvalue weighted by atomic mass is 79.9. The molecule has 1 amide bonds. The summed E-state index contributed by atoms with van der Waals surface area (Å²) in [6.45, 7) is 1.76. The first-order valence-electron chi connectivity index (χ1n) is 6.71. The first-order chi connectivity index (χ1) is 9.65. The Kier molecular flexibility index (Phi) is 3.61. The summed E-state index contributed by atoms with van der Waals surface area (Å²) in [5.41, 5.74) is -0.109. The molecule has 2 aromatic rings. The van der Waals surface area contributed by atoms with E-state index < -0.39 is 0 Å². The van der Waals surface area contributed by atoms with Crippen molar-refractivity contribution >= 4 is 32.6 Å². The second-order valence-electron chi connectivity index (χ2n) is 5.07. The van der Waals surface area contributed by atoms with Gasteiger partial charge in [-0.15, -0.1) is 0 Å². The molecule has 1 aliphatic rings. The van der Waals surface area contributed by atoms with Crippen LogP contribution in [0.25, 0.3) is 10.8 Å². The molecular formula is C15H15BrN2O2. The Morgan fingerprint density at radius 3 is 2.70 bits per heavy atom. The van der Waals surface area contributed by atoms with Crippen LogP contribution in [-0.2, 0) is 11.3 Å². The molecule has 5 heteroatoms. The van der Waals surface area contributed by atoms with Gasteiger partial charge < -0.3 is 9.47 Å². The zero-order valence-corrected chi connectivity index (χ0v) is 12.6. The van der Waals surface area contributed by atoms with Gasteiger partial charge in [-0.2, -0.15) is 0 Å². The van der Waals surface area contributed by atoms with Crippen molar-refractivity contribution in [3.05, 3.63) is 45.3 Å². The van der Waals surface area contributed by atoms with Gasteiger partial charge >= 0.3 is 0 Å². The summed E-state index contributed by atoms with van der Waals surface area (Å²) >= 11 is 3.39. The van der Waals surface area contributed by atoms with Crippen molar-refractivity contribution in [2.24, 2.45) is 0 Å². The minimum absolute atomic E-state index is 0.0288. The standard InChI is InChI=1S/C15H15BrN2O2/c16-12-3-4-13-11(9-12)5-8-18(15(13)20)10-14(19)17-6-1-2-7-17/h3-5,8-9H,1-2,6-7,10H2. The molecular weight excluding hydrogens is 320 g/mol. The van der Waals surface area contributed by atoms with Crippen LogP contribution < -0.4 is 5.56 Å². The van der Waals surface area contributed by atoms with E-state index in [0.29, 0.717) is 5.39 Å². The van der Waals surface area contributed by atoms with Crippen molar-refractivity contribution in [3.63, 3.8) is 0 Å². The summed E-state index contributed by atoms with van der Waals surface area (Å²) in [5, 5.41) is 1.53. The highest BCUT2D eigenvalue weighted by Crippen LogP contribution is 2.17. The molecule has 1 aliphatic heterocycles. The molecule has 0 radical (unpaired) electrons. The minimum atomic E-state index is -0.109. The summed E-state index contributed by atoms with van der Waals surface area (Å²) in [5.74, 6) is 0.0288. The van der Waals surface area contributed by atoms with Crippen LogP contribution in [0.1, 0.15) is 12.8 Å². The Bertz CT molecular complexity index is 717. The zero-order chi connectivity index (χ0) is 14.1. The summed E-state index contributed by atoms with van der Waals surface area (Å²) < 4.78 is 2.44. The summed E-state index contributed by atoms with van der Waals surface area (Å²) in [7, 11) is 0. The second kappa shape index (κ2) is 5.40. The number of amides is 1. The third-order valence-corrected chi connectivity index (χ3v) is 4.20. The Morgan fingerprint density at radius 2 is 1.95 bits per heavy atom. The second-order valence-corrected chi connectivity index (χ2v) is 5.98. The summed E-state index contributed by atoms with van der Waals surface area (Å²) in [6.07, 6.45) is 3.82. The van der Waals surface area contributed by atoms with Gasteiger partial charge in [-0.1, -0.05) is 15.9 Å². The van der Waals surface area contributed by atoms with E-state index in [1.54, 1.807) is 12.3 Å². The maximum atomic E-state index is 12.4. The van der Waals surface area contributed by atoms with E-state index in [1.807, 2.05) is 23.1 Å². The average molecular weight is 335 g/mol. The fourth-order valence-electron chi connectivity index (χ4n) is 2.60. The number of aromatic nitrogens is 1. The fourth-order valence-corrected chi connectivity index (χ4v) is 2.97. The number of likely N-dealkylation sites (tertiary alicyclic amines) is 1. The molecule has 3 rings (SSSR count). The normalized spacial score (nSPS) is 14.9. The Labute approximate surface area is 125 Å². The van der Waals surface area contributed by atoms with E-state index in [2.05, 4.69) is 15.9 Å². The van der Waals surface area contributed by atoms with Gasteiger partial charge in [0.15, 0.2) is 0 Å². The van der Waals surface area contributed by atoms with Gasteiger partial charge in [-0.25, -0.2) is 0 Å². The van der Waals surface area contributed by atoms with E-state index in [1.165, 1.54) is 4.57 Å². The van der Waals surface area contributed by atoms with E-state index in [-0.39, 0.29) is 18.0 Å². The molecule has 4 nitrogen and oxygen atoms in total. The maximum absolute atomic E-state index is 12.4. The van der Waals surface area contributed by atoms with Gasteiger partial charge in [-0.3, -0.25) is 9.59 Å². The number of pyridine rings is 1. The van der Waals surface area contributed by atoms with Crippen molar-refractivity contribution in [1.29, 1.82) is 0 Å². The van der Waals surface area contributed by atoms with Gasteiger partial charge in [0.25, 0.3) is 5.56 Å². The SMILES string of the molecule is O=C(Cn1ccc2cc(Br)ccc2c1=O)N1CCCC1. The van der Waals surface area contributed by atoms with Gasteiger partial charge in [0, 0.05) is 29.1 Å². The molecule has 20 heavy (non-hydrogen) atoms. The number of halogens is 1. The van der Waals surface area contributed by atoms with Crippen molar-refractivity contribution in [2.45, 2.75) is 19.4 Å². The molecule has 1 saturated heterocycles. The van der Waals surface area contributed by atoms with E-state index in [0.717, 1.165) is 35.8 Å². The largest absolute Gasteiger partial charge is 0.341 e. The molecule has 1 aromatic heterocycles. The van der Waals surface area contributed by atoms with E-state index in [9.17, 15) is 9.59 Å². The molecule has 0 aliphatic carbocycles. The van der Waals surface area contributed by atoms with Crippen LogP contribution in [0.2, 0.25) is 0 Å². The number of benzene rings is 1. The lowest BCUT2D eigenvalue weighted by Crippen LogP contribution is -2.34. The van der Waals surface area contributed by atoms with Gasteiger partial charge in [0.05, 0.1) is 0 Å². The molecule has 0 atom stereocenters. The Balaban J connectivity index is 1.92. The average Bonchev–Trinajstić information content (AvgIpc) is 2.96. The Morgan fingerprint density at radius 1 is 1.20 bits per heavy atom. The van der Waals surface area contributed by atoms with Gasteiger partial charge in [0.2, 0.25) is 5.91 Å². The number of rotatable bonds is 2. The number of hydrogen-bond donors (Lipinski definition) is 0. The third kappa shape index (κ3) is 2.50. The van der Waals surface area contributed by atoms with Crippen molar-refractivity contribution in [1.82, 2.24) is 9.47 Å². The van der Waals surface area contributed by atoms with Crippen LogP contribution in [0.15, 0.2) is 39.7 Å². The van der Waals surface area contributed by atoms with Crippen LogP contribution in [0.3, 0.4) is 0 Å². The first kappa shape index (κ1) is 13.4. The highest BCUT2D eigenvalue weighted by molar-refractivity contribution is 9.10. The number of nitrogens with zero attached hydrogens (tertiary/aromatic N) is 2. The lowest BCUT2D eigenvalue weighted by molar-refractivity contribution is -0.130. The molecule has 1 fully saturated rings. The van der Waals surface area contributed by atoms with Crippen LogP contribution in [-0.4, -0.2) is 28.5 Å². The lowest BCUT2D eigenvalue weighted by atomic mass is 10.2. The quantitative estimate of drug-likeness (QED) is 0.846. The molecule has 0 N–H and O–H groups in total. The predicted octanol–water partition coefficient (Wildman–Crippen LogP) is 2.39. The van der Waals surface area contributed by atoms with Crippen molar-refractivity contribution in [2.75, 3.05) is 13.1 Å². The van der Waals surface area contributed by atoms with Crippen LogP contribution in [0.5, 0.6) is 0 Å². The lowest BCUT2D eigenvalue weighted by Gasteiger charge is -2.16. The number of fused-ring (bicyclic) bond motifs is 1. The number of carbonyl (C=O) groups is 1. The Hall–Kier alpha value is -1.62. The number of hydrogen-bond acceptors (Lipinski definition) is 2. The topological polar surface area (TPSA) is 42.3 Å². The van der Waals surface area contributed by atoms with E-state index in [4.69, 9.17) is 0 Å². The monoisotopic (exact) mass is 334 g/mol. The van der Waals surface area contributed by atoms with Crippen LogP contribution in [0.4, 0.5) is 0 Å². The maximum Gasteiger partial charge on any atom is 0.258 e. The van der Waals surface area contributed by atoms with Crippen LogP contribution >= 0.6 is 15.9 Å². The molecule has 104 valence electrons. The molecule has 0 spiro atoms. The van der Waals surface area contributed by atoms with E-state index >= 15 is 0 Å². The molecule has 1 aromatic carbocycles. The number of carbonyl (C=O) groups excluding carboxylic acids is 1. The minimum Gasteiger partial charge on any atom is -0.341 e. The third-order valence-electron chi connectivity index (χ3n) is 3.70. The molecule has 0 saturated carbocycles. The summed E-state index contributed by atoms with van der Waals surface area (Å²) in [4.78, 5) is 26.3. The summed E-state index contributed by atoms with van der Waals surface area (Å²) in [6, 6.07) is 7.41. The molecule has 0 bridgehead atoms. The van der Waals surface area contributed by atoms with Crippen LogP contribution in [0, 0.1) is 0 Å². The van der Waals surface area contributed by atoms with Gasteiger partial charge in [-0.05, 0) is 42.5 Å². The van der Waals surface area contributed by atoms with Crippen molar-refractivity contribution in [3.8, 4) is 0 Å². The molecule has 0 unspecified atom stereocenters. The van der Waals surface area contributed by atoms with Gasteiger partial charge in [0.1, 0.15) is 6.54 Å².